The Bertz CT molecular complexity index is 1080. The van der Waals surface area contributed by atoms with Crippen molar-refractivity contribution < 1.29 is 16.8 Å². The van der Waals surface area contributed by atoms with Crippen LogP contribution in [-0.4, -0.2) is 41.8 Å². The zero-order valence-corrected chi connectivity index (χ0v) is 17.1. The first-order valence-electron chi connectivity index (χ1n) is 7.58. The minimum atomic E-state index is -3.83. The van der Waals surface area contributed by atoms with Crippen LogP contribution in [0.4, 0.5) is 5.69 Å². The molecule has 6 nitrogen and oxygen atoms in total. The molecule has 0 saturated heterocycles. The van der Waals surface area contributed by atoms with Crippen molar-refractivity contribution in [3.05, 3.63) is 52.0 Å². The molecule has 0 radical (unpaired) electrons. The SMILES string of the molecule is CN(C)S(=O)(=O)c1ccc2c(c1)CCN2S(=O)(=O)c1ccc(Cl)c(Cl)c1. The molecular weight excluding hydrogens is 419 g/mol. The third-order valence-corrected chi connectivity index (χ3v) is 8.52. The molecule has 0 spiro atoms. The first kappa shape index (κ1) is 19.4. The van der Waals surface area contributed by atoms with Crippen molar-refractivity contribution in [3.63, 3.8) is 0 Å². The van der Waals surface area contributed by atoms with Crippen LogP contribution in [0.15, 0.2) is 46.2 Å². The molecule has 140 valence electrons. The topological polar surface area (TPSA) is 74.8 Å². The van der Waals surface area contributed by atoms with Crippen molar-refractivity contribution >= 4 is 48.9 Å². The highest BCUT2D eigenvalue weighted by Gasteiger charge is 2.32. The molecule has 0 aliphatic carbocycles. The molecule has 26 heavy (non-hydrogen) atoms. The zero-order chi connectivity index (χ0) is 19.3. The smallest absolute Gasteiger partial charge is 0.264 e. The largest absolute Gasteiger partial charge is 0.266 e. The molecule has 0 unspecified atom stereocenters. The van der Waals surface area contributed by atoms with Gasteiger partial charge in [0, 0.05) is 20.6 Å². The summed E-state index contributed by atoms with van der Waals surface area (Å²) in [5.74, 6) is 0. The molecule has 0 N–H and O–H groups in total. The third-order valence-electron chi connectivity index (χ3n) is 4.16. The summed E-state index contributed by atoms with van der Waals surface area (Å²) in [6.07, 6.45) is 0.423. The Balaban J connectivity index is 2.03. The highest BCUT2D eigenvalue weighted by atomic mass is 35.5. The Morgan fingerprint density at radius 1 is 0.923 bits per heavy atom. The molecular formula is C16H16Cl2N2O4S2. The van der Waals surface area contributed by atoms with Gasteiger partial charge >= 0.3 is 0 Å². The summed E-state index contributed by atoms with van der Waals surface area (Å²) in [6.45, 7) is 0.226. The summed E-state index contributed by atoms with van der Waals surface area (Å²) in [5.41, 5.74) is 1.13. The van der Waals surface area contributed by atoms with E-state index in [0.717, 1.165) is 4.31 Å². The van der Waals surface area contributed by atoms with Gasteiger partial charge in [-0.15, -0.1) is 0 Å². The van der Waals surface area contributed by atoms with E-state index in [-0.39, 0.29) is 26.4 Å². The van der Waals surface area contributed by atoms with Gasteiger partial charge in [0.2, 0.25) is 10.0 Å². The average molecular weight is 435 g/mol. The zero-order valence-electron chi connectivity index (χ0n) is 14.0. The van der Waals surface area contributed by atoms with E-state index in [0.29, 0.717) is 17.7 Å². The Morgan fingerprint density at radius 2 is 1.58 bits per heavy atom. The van der Waals surface area contributed by atoms with Gasteiger partial charge < -0.3 is 0 Å². The quantitative estimate of drug-likeness (QED) is 0.740. The predicted octanol–water partition coefficient (Wildman–Crippen LogP) is 3.00. The van der Waals surface area contributed by atoms with Crippen LogP contribution in [0.5, 0.6) is 0 Å². The van der Waals surface area contributed by atoms with Crippen LogP contribution in [-0.2, 0) is 26.5 Å². The maximum atomic E-state index is 12.9. The van der Waals surface area contributed by atoms with E-state index in [2.05, 4.69) is 0 Å². The van der Waals surface area contributed by atoms with Crippen molar-refractivity contribution in [1.82, 2.24) is 4.31 Å². The van der Waals surface area contributed by atoms with Crippen LogP contribution in [0.3, 0.4) is 0 Å². The van der Waals surface area contributed by atoms with E-state index in [1.54, 1.807) is 0 Å². The molecule has 0 amide bonds. The van der Waals surface area contributed by atoms with Gasteiger partial charge in [0.1, 0.15) is 0 Å². The van der Waals surface area contributed by atoms with E-state index in [1.807, 2.05) is 0 Å². The van der Waals surface area contributed by atoms with Crippen LogP contribution < -0.4 is 4.31 Å². The normalized spacial score (nSPS) is 14.7. The summed E-state index contributed by atoms with van der Waals surface area (Å²) >= 11 is 11.8. The summed E-state index contributed by atoms with van der Waals surface area (Å²) in [4.78, 5) is 0.166. The Labute approximate surface area is 163 Å². The number of fused-ring (bicyclic) bond motifs is 1. The molecule has 1 aliphatic heterocycles. The molecule has 2 aromatic rings. The average Bonchev–Trinajstić information content (AvgIpc) is 3.00. The molecule has 1 aliphatic rings. The van der Waals surface area contributed by atoms with Crippen molar-refractivity contribution in [1.29, 1.82) is 0 Å². The van der Waals surface area contributed by atoms with Crippen LogP contribution in [0.1, 0.15) is 5.56 Å². The fourth-order valence-electron chi connectivity index (χ4n) is 2.73. The first-order valence-corrected chi connectivity index (χ1v) is 11.2. The van der Waals surface area contributed by atoms with Crippen LogP contribution >= 0.6 is 23.2 Å². The van der Waals surface area contributed by atoms with E-state index < -0.39 is 20.0 Å². The number of benzene rings is 2. The molecule has 0 fully saturated rings. The van der Waals surface area contributed by atoms with E-state index in [9.17, 15) is 16.8 Å². The van der Waals surface area contributed by atoms with E-state index >= 15 is 0 Å². The molecule has 10 heteroatoms. The maximum Gasteiger partial charge on any atom is 0.264 e. The number of sulfonamides is 2. The fraction of sp³-hybridized carbons (Fsp3) is 0.250. The van der Waals surface area contributed by atoms with Gasteiger partial charge in [-0.2, -0.15) is 0 Å². The molecule has 3 rings (SSSR count). The molecule has 0 aromatic heterocycles. The molecule has 1 heterocycles. The van der Waals surface area contributed by atoms with E-state index in [4.69, 9.17) is 23.2 Å². The van der Waals surface area contributed by atoms with Gasteiger partial charge in [-0.25, -0.2) is 21.1 Å². The number of hydrogen-bond acceptors (Lipinski definition) is 4. The van der Waals surface area contributed by atoms with Crippen molar-refractivity contribution in [3.8, 4) is 0 Å². The van der Waals surface area contributed by atoms with E-state index in [1.165, 1.54) is 54.8 Å². The number of nitrogens with zero attached hydrogens (tertiary/aromatic N) is 2. The lowest BCUT2D eigenvalue weighted by Crippen LogP contribution is -2.29. The maximum absolute atomic E-state index is 12.9. The lowest BCUT2D eigenvalue weighted by Gasteiger charge is -2.20. The van der Waals surface area contributed by atoms with Gasteiger partial charge in [0.15, 0.2) is 0 Å². The highest BCUT2D eigenvalue weighted by molar-refractivity contribution is 7.92. The Hall–Kier alpha value is -1.32. The van der Waals surface area contributed by atoms with Crippen LogP contribution in [0, 0.1) is 0 Å². The minimum absolute atomic E-state index is 0.0322. The lowest BCUT2D eigenvalue weighted by molar-refractivity contribution is 0.520. The molecule has 2 aromatic carbocycles. The van der Waals surface area contributed by atoms with Crippen LogP contribution in [0.25, 0.3) is 0 Å². The predicted molar refractivity (Wildman–Crippen MR) is 102 cm³/mol. The van der Waals surface area contributed by atoms with Crippen molar-refractivity contribution in [2.45, 2.75) is 16.2 Å². The monoisotopic (exact) mass is 434 g/mol. The van der Waals surface area contributed by atoms with Crippen molar-refractivity contribution in [2.24, 2.45) is 0 Å². The summed E-state index contributed by atoms with van der Waals surface area (Å²) in [5, 5.41) is 0.422. The number of hydrogen-bond donors (Lipinski definition) is 0. The molecule has 0 saturated carbocycles. The molecule has 0 atom stereocenters. The fourth-order valence-corrected chi connectivity index (χ4v) is 5.58. The third kappa shape index (κ3) is 3.20. The van der Waals surface area contributed by atoms with Gasteiger partial charge in [0.25, 0.3) is 10.0 Å². The van der Waals surface area contributed by atoms with Gasteiger partial charge in [-0.05, 0) is 48.4 Å². The number of rotatable bonds is 4. The summed E-state index contributed by atoms with van der Waals surface area (Å²) in [6, 6.07) is 8.59. The molecule has 0 bridgehead atoms. The van der Waals surface area contributed by atoms with Gasteiger partial charge in [-0.1, -0.05) is 23.2 Å². The second-order valence-corrected chi connectivity index (χ2v) is 10.8. The van der Waals surface area contributed by atoms with Crippen LogP contribution in [0.2, 0.25) is 10.0 Å². The lowest BCUT2D eigenvalue weighted by atomic mass is 10.2. The summed E-state index contributed by atoms with van der Waals surface area (Å²) in [7, 11) is -4.51. The van der Waals surface area contributed by atoms with Gasteiger partial charge in [-0.3, -0.25) is 4.31 Å². The second-order valence-electron chi connectivity index (χ2n) is 5.98. The van der Waals surface area contributed by atoms with Crippen molar-refractivity contribution in [2.75, 3.05) is 24.9 Å². The first-order chi connectivity index (χ1) is 12.0. The Kier molecular flexibility index (Phi) is 5.00. The number of anilines is 1. The summed E-state index contributed by atoms with van der Waals surface area (Å²) < 4.78 is 52.8. The Morgan fingerprint density at radius 3 is 2.19 bits per heavy atom. The highest BCUT2D eigenvalue weighted by Crippen LogP contribution is 2.36. The number of halogens is 2. The second kappa shape index (κ2) is 6.69. The minimum Gasteiger partial charge on any atom is -0.266 e. The standard InChI is InChI=1S/C16H16Cl2N2O4S2/c1-19(2)25(21,22)12-4-6-16-11(9-12)7-8-20(16)26(23,24)13-3-5-14(17)15(18)10-13/h3-6,9-10H,7-8H2,1-2H3. The van der Waals surface area contributed by atoms with Gasteiger partial charge in [0.05, 0.1) is 25.5 Å².